The van der Waals surface area contributed by atoms with Crippen LogP contribution in [0.1, 0.15) is 16.3 Å². The van der Waals surface area contributed by atoms with Crippen molar-refractivity contribution >= 4 is 11.7 Å². The number of hydrogen-bond donors (Lipinski definition) is 3. The van der Waals surface area contributed by atoms with E-state index in [2.05, 4.69) is 25.7 Å². The molecule has 8 heteroatoms. The Bertz CT molecular complexity index is 566. The van der Waals surface area contributed by atoms with Crippen molar-refractivity contribution in [1.29, 1.82) is 0 Å². The summed E-state index contributed by atoms with van der Waals surface area (Å²) in [6, 6.07) is 0. The van der Waals surface area contributed by atoms with E-state index in [0.29, 0.717) is 18.8 Å². The molecule has 0 unspecified atom stereocenters. The zero-order valence-electron chi connectivity index (χ0n) is 10.5. The van der Waals surface area contributed by atoms with Crippen molar-refractivity contribution in [3.05, 3.63) is 36.3 Å². The number of amides is 1. The molecule has 0 bridgehead atoms. The van der Waals surface area contributed by atoms with Gasteiger partial charge in [0, 0.05) is 32.4 Å². The van der Waals surface area contributed by atoms with E-state index in [1.165, 1.54) is 12.4 Å². The van der Waals surface area contributed by atoms with Crippen LogP contribution >= 0.6 is 0 Å². The van der Waals surface area contributed by atoms with Gasteiger partial charge in [-0.05, 0) is 0 Å². The number of aromatic nitrogens is 4. The number of nitrogens with one attached hydrogen (secondary N) is 2. The van der Waals surface area contributed by atoms with Gasteiger partial charge in [-0.2, -0.15) is 0 Å². The highest BCUT2D eigenvalue weighted by atomic mass is 16.1. The second kappa shape index (κ2) is 5.91. The van der Waals surface area contributed by atoms with Crippen LogP contribution < -0.4 is 16.6 Å². The summed E-state index contributed by atoms with van der Waals surface area (Å²) in [5, 5.41) is 2.75. The zero-order chi connectivity index (χ0) is 13.7. The number of aryl methyl sites for hydroxylation is 1. The minimum Gasteiger partial charge on any atom is -0.350 e. The molecule has 2 rings (SSSR count). The van der Waals surface area contributed by atoms with E-state index < -0.39 is 0 Å². The van der Waals surface area contributed by atoms with Crippen LogP contribution in [-0.2, 0) is 13.5 Å². The van der Waals surface area contributed by atoms with Gasteiger partial charge >= 0.3 is 0 Å². The molecule has 4 N–H and O–H groups in total. The predicted molar refractivity (Wildman–Crippen MR) is 69.1 cm³/mol. The van der Waals surface area contributed by atoms with Gasteiger partial charge in [-0.1, -0.05) is 0 Å². The van der Waals surface area contributed by atoms with Crippen molar-refractivity contribution in [2.75, 3.05) is 12.0 Å². The quantitative estimate of drug-likeness (QED) is 0.493. The number of hydrogen-bond acceptors (Lipinski definition) is 6. The number of hydrazine groups is 1. The molecule has 0 radical (unpaired) electrons. The van der Waals surface area contributed by atoms with Gasteiger partial charge in [0.2, 0.25) is 0 Å². The highest BCUT2D eigenvalue weighted by Gasteiger charge is 2.08. The van der Waals surface area contributed by atoms with E-state index in [1.807, 2.05) is 17.8 Å². The molecule has 0 saturated heterocycles. The number of rotatable bonds is 5. The molecule has 0 aliphatic rings. The molecule has 19 heavy (non-hydrogen) atoms. The summed E-state index contributed by atoms with van der Waals surface area (Å²) in [4.78, 5) is 23.8. The van der Waals surface area contributed by atoms with Crippen molar-refractivity contribution in [1.82, 2.24) is 24.8 Å². The molecule has 0 atom stereocenters. The van der Waals surface area contributed by atoms with Gasteiger partial charge in [-0.3, -0.25) is 9.78 Å². The third kappa shape index (κ3) is 3.26. The summed E-state index contributed by atoms with van der Waals surface area (Å²) in [6.07, 6.45) is 7.05. The van der Waals surface area contributed by atoms with E-state index in [9.17, 15) is 4.79 Å². The molecule has 2 aromatic rings. The van der Waals surface area contributed by atoms with Crippen LogP contribution in [0, 0.1) is 0 Å². The molecule has 1 amide bonds. The Morgan fingerprint density at radius 3 is 3.00 bits per heavy atom. The third-order valence-corrected chi connectivity index (χ3v) is 2.57. The smallest absolute Gasteiger partial charge is 0.271 e. The lowest BCUT2D eigenvalue weighted by molar-refractivity contribution is 0.0948. The minimum atomic E-state index is -0.293. The lowest BCUT2D eigenvalue weighted by Crippen LogP contribution is -2.27. The van der Waals surface area contributed by atoms with Crippen molar-refractivity contribution in [2.24, 2.45) is 12.9 Å². The normalized spacial score (nSPS) is 10.2. The highest BCUT2D eigenvalue weighted by molar-refractivity contribution is 5.92. The Hall–Kier alpha value is -2.48. The summed E-state index contributed by atoms with van der Waals surface area (Å²) in [6.45, 7) is 0.478. The average molecular weight is 261 g/mol. The predicted octanol–water partition coefficient (Wildman–Crippen LogP) is -0.532. The molecule has 0 aromatic carbocycles. The van der Waals surface area contributed by atoms with E-state index in [0.717, 1.165) is 5.82 Å². The van der Waals surface area contributed by atoms with Crippen LogP contribution in [0.4, 0.5) is 5.82 Å². The fraction of sp³-hybridized carbons (Fsp3) is 0.273. The highest BCUT2D eigenvalue weighted by Crippen LogP contribution is 2.00. The van der Waals surface area contributed by atoms with Gasteiger partial charge < -0.3 is 15.3 Å². The first-order valence-corrected chi connectivity index (χ1v) is 5.74. The summed E-state index contributed by atoms with van der Waals surface area (Å²) in [5.74, 6) is 6.16. The van der Waals surface area contributed by atoms with Crippen LogP contribution in [0.25, 0.3) is 0 Å². The van der Waals surface area contributed by atoms with Crippen molar-refractivity contribution < 1.29 is 4.79 Å². The number of nitrogen functional groups attached to an aromatic ring is 1. The maximum atomic E-state index is 11.8. The van der Waals surface area contributed by atoms with E-state index in [1.54, 1.807) is 6.20 Å². The van der Waals surface area contributed by atoms with E-state index in [4.69, 9.17) is 5.84 Å². The molecule has 0 saturated carbocycles. The van der Waals surface area contributed by atoms with Gasteiger partial charge in [0.25, 0.3) is 5.91 Å². The molecule has 8 nitrogen and oxygen atoms in total. The maximum Gasteiger partial charge on any atom is 0.271 e. The Labute approximate surface area is 110 Å². The SMILES string of the molecule is Cn1ccnc1CCNC(=O)c1cncc(NN)n1. The Kier molecular flexibility index (Phi) is 4.04. The van der Waals surface area contributed by atoms with E-state index >= 15 is 0 Å². The second-order valence-electron chi connectivity index (χ2n) is 3.89. The summed E-state index contributed by atoms with van der Waals surface area (Å²) < 4.78 is 1.91. The molecule has 0 spiro atoms. The molecule has 2 aromatic heterocycles. The van der Waals surface area contributed by atoms with Crippen molar-refractivity contribution in [3.8, 4) is 0 Å². The van der Waals surface area contributed by atoms with Crippen LogP contribution in [0.2, 0.25) is 0 Å². The Morgan fingerprint density at radius 1 is 1.47 bits per heavy atom. The number of anilines is 1. The van der Waals surface area contributed by atoms with Gasteiger partial charge in [0.05, 0.1) is 12.4 Å². The lowest BCUT2D eigenvalue weighted by atomic mass is 10.3. The first kappa shape index (κ1) is 13.0. The minimum absolute atomic E-state index is 0.218. The topological polar surface area (TPSA) is 111 Å². The third-order valence-electron chi connectivity index (χ3n) is 2.57. The van der Waals surface area contributed by atoms with Crippen molar-refractivity contribution in [3.63, 3.8) is 0 Å². The van der Waals surface area contributed by atoms with Crippen LogP contribution in [0.15, 0.2) is 24.8 Å². The monoisotopic (exact) mass is 261 g/mol. The second-order valence-corrected chi connectivity index (χ2v) is 3.89. The first-order chi connectivity index (χ1) is 9.20. The lowest BCUT2D eigenvalue weighted by Gasteiger charge is -2.05. The summed E-state index contributed by atoms with van der Waals surface area (Å²) in [7, 11) is 1.91. The fourth-order valence-electron chi connectivity index (χ4n) is 1.56. The van der Waals surface area contributed by atoms with Crippen molar-refractivity contribution in [2.45, 2.75) is 6.42 Å². The van der Waals surface area contributed by atoms with E-state index in [-0.39, 0.29) is 11.6 Å². The molecular weight excluding hydrogens is 246 g/mol. The molecule has 100 valence electrons. The number of imidazole rings is 1. The Morgan fingerprint density at radius 2 is 2.32 bits per heavy atom. The molecule has 2 heterocycles. The van der Waals surface area contributed by atoms with Crippen LogP contribution in [-0.4, -0.2) is 32.0 Å². The molecule has 0 fully saturated rings. The largest absolute Gasteiger partial charge is 0.350 e. The molecular formula is C11H15N7O. The zero-order valence-corrected chi connectivity index (χ0v) is 10.5. The standard InChI is InChI=1S/C11H15N7O/c1-18-5-4-14-10(18)2-3-15-11(19)8-6-13-7-9(16-8)17-12/h4-7H,2-3,12H2,1H3,(H,15,19)(H,16,17). The van der Waals surface area contributed by atoms with Crippen LogP contribution in [0.5, 0.6) is 0 Å². The van der Waals surface area contributed by atoms with Gasteiger partial charge in [0.1, 0.15) is 11.5 Å². The van der Waals surface area contributed by atoms with Gasteiger partial charge in [-0.25, -0.2) is 15.8 Å². The fourth-order valence-corrected chi connectivity index (χ4v) is 1.56. The van der Waals surface area contributed by atoms with Crippen LogP contribution in [0.3, 0.4) is 0 Å². The maximum absolute atomic E-state index is 11.8. The number of carbonyl (C=O) groups is 1. The molecule has 0 aliphatic carbocycles. The number of nitrogens with zero attached hydrogens (tertiary/aromatic N) is 4. The molecule has 0 aliphatic heterocycles. The number of nitrogens with two attached hydrogens (primary N) is 1. The first-order valence-electron chi connectivity index (χ1n) is 5.74. The summed E-state index contributed by atoms with van der Waals surface area (Å²) >= 11 is 0. The number of carbonyl (C=O) groups excluding carboxylic acids is 1. The summed E-state index contributed by atoms with van der Waals surface area (Å²) in [5.41, 5.74) is 2.56. The van der Waals surface area contributed by atoms with Gasteiger partial charge in [0.15, 0.2) is 5.82 Å². The average Bonchev–Trinajstić information content (AvgIpc) is 2.84. The van der Waals surface area contributed by atoms with Gasteiger partial charge in [-0.15, -0.1) is 0 Å². The Balaban J connectivity index is 1.89.